The third kappa shape index (κ3) is 6.70. The van der Waals surface area contributed by atoms with Crippen LogP contribution in [0.3, 0.4) is 0 Å². The van der Waals surface area contributed by atoms with Gasteiger partial charge in [-0.15, -0.1) is 0 Å². The second-order valence-corrected chi connectivity index (χ2v) is 18.5. The molecule has 14 rings (SSSR count). The van der Waals surface area contributed by atoms with E-state index in [0.717, 1.165) is 0 Å². The molecule has 0 spiro atoms. The number of aromatic nitrogens is 1. The van der Waals surface area contributed by atoms with E-state index < -0.39 is 0 Å². The van der Waals surface area contributed by atoms with Gasteiger partial charge in [-0.05, 0) is 166 Å². The Morgan fingerprint density at radius 2 is 0.464 bits per heavy atom. The second kappa shape index (κ2) is 15.8. The van der Waals surface area contributed by atoms with E-state index in [9.17, 15) is 0 Å². The molecule has 0 aliphatic carbocycles. The Morgan fingerprint density at radius 3 is 0.841 bits per heavy atom. The molecule has 69 heavy (non-hydrogen) atoms. The predicted octanol–water partition coefficient (Wildman–Crippen LogP) is 18.8. The zero-order valence-corrected chi connectivity index (χ0v) is 37.8. The first-order chi connectivity index (χ1) is 34.1. The number of hydrogen-bond acceptors (Lipinski definition) is 0. The summed E-state index contributed by atoms with van der Waals surface area (Å²) in [5.74, 6) is 0. The maximum absolute atomic E-state index is 2.54. The summed E-state index contributed by atoms with van der Waals surface area (Å²) in [5.41, 5.74) is 20.7. The van der Waals surface area contributed by atoms with Crippen LogP contribution < -0.4 is 0 Å². The van der Waals surface area contributed by atoms with Crippen molar-refractivity contribution in [1.29, 1.82) is 0 Å². The third-order valence-corrected chi connectivity index (χ3v) is 14.4. The molecular formula is C68H43N. The van der Waals surface area contributed by atoms with E-state index in [1.54, 1.807) is 0 Å². The summed E-state index contributed by atoms with van der Waals surface area (Å²) in [6, 6.07) is 96.4. The molecule has 0 radical (unpaired) electrons. The summed E-state index contributed by atoms with van der Waals surface area (Å²) in [4.78, 5) is 0. The molecule has 0 atom stereocenters. The molecule has 1 nitrogen and oxygen atoms in total. The van der Waals surface area contributed by atoms with E-state index in [1.807, 2.05) is 0 Å². The molecule has 12 aromatic carbocycles. The minimum atomic E-state index is 1.20. The molecule has 0 unspecified atom stereocenters. The molecule has 0 fully saturated rings. The molecule has 1 heteroatoms. The van der Waals surface area contributed by atoms with Gasteiger partial charge in [-0.25, -0.2) is 0 Å². The largest absolute Gasteiger partial charge is 0.308 e. The Labute approximate surface area is 400 Å². The summed E-state index contributed by atoms with van der Waals surface area (Å²) < 4.78 is 2.54. The van der Waals surface area contributed by atoms with E-state index >= 15 is 0 Å². The second-order valence-electron chi connectivity index (χ2n) is 18.5. The molecule has 0 saturated heterocycles. The quantitative estimate of drug-likeness (QED) is 0.150. The first-order valence-electron chi connectivity index (χ1n) is 23.9. The van der Waals surface area contributed by atoms with Gasteiger partial charge >= 0.3 is 0 Å². The van der Waals surface area contributed by atoms with E-state index in [1.165, 1.54) is 138 Å². The first-order valence-corrected chi connectivity index (χ1v) is 23.9. The lowest BCUT2D eigenvalue weighted by atomic mass is 9.91. The Hall–Kier alpha value is -9.04. The smallest absolute Gasteiger partial charge is 0.0620 e. The van der Waals surface area contributed by atoms with E-state index in [4.69, 9.17) is 0 Å². The average molecular weight is 874 g/mol. The lowest BCUT2D eigenvalue weighted by Crippen LogP contribution is -1.86. The van der Waals surface area contributed by atoms with Crippen LogP contribution in [0.15, 0.2) is 261 Å². The standard InChI is InChI=1S/C68H43N/c1-5-13-44(14-6-1)48-21-25-50(26-22-48)52-29-31-54-42-66-62(38-59(54)33-52)64-40-61(58-36-56(46-17-9-3-10-18-46)35-57(37-58)47-19-11-4-12-20-47)41-65-63-39-60-34-53(30-32-55(60)43-67(63)69(66)68(64)65)51-27-23-49(24-28-51)45-15-7-2-8-16-45/h1-43H. The fourth-order valence-corrected chi connectivity index (χ4v) is 10.9. The lowest BCUT2D eigenvalue weighted by molar-refractivity contribution is 1.38. The number of fused-ring (bicyclic) bond motifs is 8. The normalized spacial score (nSPS) is 11.8. The van der Waals surface area contributed by atoms with Crippen molar-refractivity contribution in [3.8, 4) is 77.9 Å². The van der Waals surface area contributed by atoms with Gasteiger partial charge in [0, 0.05) is 21.5 Å². The third-order valence-electron chi connectivity index (χ3n) is 14.4. The first kappa shape index (κ1) is 39.2. The van der Waals surface area contributed by atoms with Crippen molar-refractivity contribution in [3.05, 3.63) is 261 Å². The van der Waals surface area contributed by atoms with Crippen LogP contribution in [0.25, 0.3) is 138 Å². The molecular weight excluding hydrogens is 831 g/mol. The van der Waals surface area contributed by atoms with Crippen LogP contribution >= 0.6 is 0 Å². The van der Waals surface area contributed by atoms with Crippen molar-refractivity contribution in [2.45, 2.75) is 0 Å². The molecule has 320 valence electrons. The van der Waals surface area contributed by atoms with Crippen molar-refractivity contribution < 1.29 is 0 Å². The molecule has 0 saturated carbocycles. The predicted molar refractivity (Wildman–Crippen MR) is 294 cm³/mol. The van der Waals surface area contributed by atoms with Gasteiger partial charge in [-0.2, -0.15) is 0 Å². The fourth-order valence-electron chi connectivity index (χ4n) is 10.9. The van der Waals surface area contributed by atoms with Gasteiger partial charge < -0.3 is 4.40 Å². The monoisotopic (exact) mass is 873 g/mol. The minimum absolute atomic E-state index is 1.20. The van der Waals surface area contributed by atoms with Crippen LogP contribution in [0.1, 0.15) is 0 Å². The van der Waals surface area contributed by atoms with E-state index in [2.05, 4.69) is 265 Å². The van der Waals surface area contributed by atoms with E-state index in [0.29, 0.717) is 0 Å². The SMILES string of the molecule is c1ccc(-c2ccc(-c3ccc4cc5c(cc4c3)c3cc(-c4cc(-c6ccccc6)cc(-c6ccccc6)c4)cc4c6cc7cc(-c8ccc(-c9ccccc9)cc8)ccc7cc6n5c34)cc2)cc1. The fraction of sp³-hybridized carbons (Fsp3) is 0. The van der Waals surface area contributed by atoms with Crippen molar-refractivity contribution >= 4 is 59.6 Å². The van der Waals surface area contributed by atoms with Crippen LogP contribution in [0.2, 0.25) is 0 Å². The van der Waals surface area contributed by atoms with Crippen LogP contribution in [0.4, 0.5) is 0 Å². The highest BCUT2D eigenvalue weighted by atomic mass is 14.9. The molecule has 0 aliphatic heterocycles. The highest BCUT2D eigenvalue weighted by Crippen LogP contribution is 2.45. The highest BCUT2D eigenvalue weighted by molar-refractivity contribution is 6.27. The van der Waals surface area contributed by atoms with Gasteiger partial charge in [0.25, 0.3) is 0 Å². The van der Waals surface area contributed by atoms with Gasteiger partial charge in [0.15, 0.2) is 0 Å². The lowest BCUT2D eigenvalue weighted by Gasteiger charge is -2.12. The summed E-state index contributed by atoms with van der Waals surface area (Å²) in [5, 5.41) is 9.99. The van der Waals surface area contributed by atoms with Crippen molar-refractivity contribution in [3.63, 3.8) is 0 Å². The Bertz CT molecular complexity index is 3960. The molecule has 2 aromatic heterocycles. The summed E-state index contributed by atoms with van der Waals surface area (Å²) in [7, 11) is 0. The molecule has 2 heterocycles. The van der Waals surface area contributed by atoms with Crippen LogP contribution in [-0.4, -0.2) is 4.40 Å². The molecule has 0 amide bonds. The average Bonchev–Trinajstić information content (AvgIpc) is 3.92. The van der Waals surface area contributed by atoms with Crippen LogP contribution in [0, 0.1) is 0 Å². The maximum atomic E-state index is 2.54. The van der Waals surface area contributed by atoms with Crippen molar-refractivity contribution in [1.82, 2.24) is 4.40 Å². The number of rotatable bonds is 7. The molecule has 14 aromatic rings. The van der Waals surface area contributed by atoms with Crippen LogP contribution in [0.5, 0.6) is 0 Å². The maximum Gasteiger partial charge on any atom is 0.0620 e. The molecule has 0 N–H and O–H groups in total. The van der Waals surface area contributed by atoms with Crippen molar-refractivity contribution in [2.75, 3.05) is 0 Å². The zero-order chi connectivity index (χ0) is 45.4. The van der Waals surface area contributed by atoms with E-state index in [-0.39, 0.29) is 0 Å². The van der Waals surface area contributed by atoms with Gasteiger partial charge in [0.2, 0.25) is 0 Å². The highest BCUT2D eigenvalue weighted by Gasteiger charge is 2.21. The zero-order valence-electron chi connectivity index (χ0n) is 37.8. The van der Waals surface area contributed by atoms with Crippen LogP contribution in [-0.2, 0) is 0 Å². The Balaban J connectivity index is 0.978. The number of benzene rings is 12. The Morgan fingerprint density at radius 1 is 0.174 bits per heavy atom. The Kier molecular flexibility index (Phi) is 8.97. The topological polar surface area (TPSA) is 4.41 Å². The van der Waals surface area contributed by atoms with Gasteiger partial charge in [-0.3, -0.25) is 0 Å². The summed E-state index contributed by atoms with van der Waals surface area (Å²) in [6.07, 6.45) is 0. The number of hydrogen-bond donors (Lipinski definition) is 0. The van der Waals surface area contributed by atoms with Gasteiger partial charge in [0.05, 0.1) is 16.6 Å². The van der Waals surface area contributed by atoms with Crippen molar-refractivity contribution in [2.24, 2.45) is 0 Å². The number of nitrogens with zero attached hydrogens (tertiary/aromatic N) is 1. The minimum Gasteiger partial charge on any atom is -0.308 e. The summed E-state index contributed by atoms with van der Waals surface area (Å²) in [6.45, 7) is 0. The van der Waals surface area contributed by atoms with Gasteiger partial charge in [-0.1, -0.05) is 194 Å². The molecule has 0 bridgehead atoms. The molecule has 0 aliphatic rings. The van der Waals surface area contributed by atoms with Gasteiger partial charge in [0.1, 0.15) is 0 Å². The summed E-state index contributed by atoms with van der Waals surface area (Å²) >= 11 is 0.